The van der Waals surface area contributed by atoms with E-state index in [0.29, 0.717) is 41.2 Å². The monoisotopic (exact) mass is 1090 g/mol. The maximum atomic E-state index is 14.6. The lowest BCUT2D eigenvalue weighted by molar-refractivity contribution is -0.161. The van der Waals surface area contributed by atoms with Crippen LogP contribution in [0.2, 0.25) is 0 Å². The molecule has 26 heteroatoms. The standard InChI is InChI=1S/C17H18FN3O3.C16H19N3O5S.C16H16N2O6S2/c18-13-7-11-14(8-15(13)20-5-3-19-4-6-20)21(10-1-2-10)9-12(16(11)22)17(23)24;1-16(2)11(15(23)24)19-13(22)10(14(19)25-16)18-12(21)9(17)7-3-5-8(20)6-4-7;1-8(19)24-6-9-7-26-15-12(14(21)18(15)13(9)16(22)23)17-11(20)5-10-3-2-4-25-10/h7-10,19H,1-6H2,(H,23,24);3-6,9-11,14,20H,17H2,1-2H3,(H,18,21)(H,23,24);2-4,12,15H,5-7H2,1H3,(H,17,20)(H,22,23)/t;9-,10-,11+,14-;12-,15-/m.11/s1. The zero-order chi connectivity index (χ0) is 54.2. The fourth-order valence-electron chi connectivity index (χ4n) is 9.31. The fraction of sp³-hybridized carbons (Fsp3) is 0.408. The van der Waals surface area contributed by atoms with Gasteiger partial charge in [-0.3, -0.25) is 33.7 Å². The van der Waals surface area contributed by atoms with Gasteiger partial charge in [-0.05, 0) is 68.0 Å². The first-order chi connectivity index (χ1) is 35.6. The number of nitrogens with one attached hydrogen (secondary N) is 3. The molecule has 0 bridgehead atoms. The molecule has 2 aromatic heterocycles. The van der Waals surface area contributed by atoms with E-state index in [9.17, 15) is 68.0 Å². The van der Waals surface area contributed by atoms with Crippen LogP contribution in [0.3, 0.4) is 0 Å². The number of carbonyl (C=O) groups is 8. The Kier molecular flexibility index (Phi) is 16.0. The average Bonchev–Trinajstić information content (AvgIpc) is 4.02. The summed E-state index contributed by atoms with van der Waals surface area (Å²) in [6.07, 6.45) is 3.47. The topological polar surface area (TPSA) is 321 Å². The number of hydrogen-bond donors (Lipinski definition) is 8. The minimum absolute atomic E-state index is 0.0606. The molecule has 0 radical (unpaired) electrons. The van der Waals surface area contributed by atoms with E-state index in [1.165, 1.54) is 83.2 Å². The molecule has 5 aliphatic heterocycles. The first-order valence-corrected chi connectivity index (χ1v) is 26.4. The van der Waals surface area contributed by atoms with Gasteiger partial charge in [0.15, 0.2) is 0 Å². The number of rotatable bonds is 13. The molecule has 4 amide bonds. The number of aromatic hydroxyl groups is 1. The Labute approximate surface area is 439 Å². The Morgan fingerprint density at radius 3 is 2.21 bits per heavy atom. The van der Waals surface area contributed by atoms with Gasteiger partial charge in [0.25, 0.3) is 5.91 Å². The van der Waals surface area contributed by atoms with Gasteiger partial charge in [0.05, 0.1) is 17.6 Å². The quantitative estimate of drug-likeness (QED) is 0.0703. The van der Waals surface area contributed by atoms with Gasteiger partial charge in [-0.15, -0.1) is 34.9 Å². The Hall–Kier alpha value is -7.00. The minimum Gasteiger partial charge on any atom is -0.508 e. The number of nitrogens with zero attached hydrogens (tertiary/aromatic N) is 4. The highest BCUT2D eigenvalue weighted by Crippen LogP contribution is 2.51. The number of aromatic carboxylic acids is 1. The van der Waals surface area contributed by atoms with E-state index >= 15 is 0 Å². The van der Waals surface area contributed by atoms with Gasteiger partial charge in [-0.25, -0.2) is 18.8 Å². The summed E-state index contributed by atoms with van der Waals surface area (Å²) in [4.78, 5) is 112. The average molecular weight is 1090 g/mol. The Balaban J connectivity index is 0.000000149. The molecule has 4 aromatic rings. The van der Waals surface area contributed by atoms with Crippen LogP contribution in [0, 0.1) is 5.82 Å². The maximum Gasteiger partial charge on any atom is 0.352 e. The van der Waals surface area contributed by atoms with Crippen LogP contribution in [0.4, 0.5) is 10.1 Å². The Morgan fingerprint density at radius 2 is 1.61 bits per heavy atom. The van der Waals surface area contributed by atoms with E-state index < -0.39 is 92.5 Å². The molecule has 6 atom stereocenters. The predicted octanol–water partition coefficient (Wildman–Crippen LogP) is 2.20. The predicted molar refractivity (Wildman–Crippen MR) is 274 cm³/mol. The number of halogens is 1. The van der Waals surface area contributed by atoms with Crippen molar-refractivity contribution in [3.8, 4) is 5.75 Å². The molecule has 1 aliphatic carbocycles. The molecule has 5 fully saturated rings. The van der Waals surface area contributed by atoms with Crippen molar-refractivity contribution >= 4 is 99.0 Å². The minimum atomic E-state index is -1.28. The molecule has 0 spiro atoms. The van der Waals surface area contributed by atoms with Gasteiger partial charge in [0.2, 0.25) is 23.2 Å². The zero-order valence-electron chi connectivity index (χ0n) is 40.5. The van der Waals surface area contributed by atoms with Crippen molar-refractivity contribution in [1.29, 1.82) is 0 Å². The number of carboxylic acid groups (broad SMARTS) is 3. The number of benzene rings is 2. The van der Waals surface area contributed by atoms with Crippen molar-refractivity contribution in [2.45, 2.75) is 85.7 Å². The summed E-state index contributed by atoms with van der Waals surface area (Å²) >= 11 is 4.14. The lowest BCUT2D eigenvalue weighted by atomic mass is 9.95. The highest BCUT2D eigenvalue weighted by Gasteiger charge is 2.64. The van der Waals surface area contributed by atoms with Gasteiger partial charge in [0.1, 0.15) is 64.3 Å². The second-order valence-corrected chi connectivity index (χ2v) is 22.7. The zero-order valence-corrected chi connectivity index (χ0v) is 43.0. The molecule has 6 aliphatic rings. The van der Waals surface area contributed by atoms with Crippen LogP contribution < -0.4 is 32.0 Å². The van der Waals surface area contributed by atoms with Gasteiger partial charge in [-0.1, -0.05) is 18.2 Å². The highest BCUT2D eigenvalue weighted by atomic mass is 32.2. The number of aromatic nitrogens is 1. The smallest absolute Gasteiger partial charge is 0.352 e. The van der Waals surface area contributed by atoms with E-state index in [1.807, 2.05) is 27.0 Å². The number of fused-ring (bicyclic) bond motifs is 3. The number of phenolic OH excluding ortho intramolecular Hbond substituents is 1. The van der Waals surface area contributed by atoms with E-state index in [0.717, 1.165) is 35.7 Å². The van der Waals surface area contributed by atoms with Crippen LogP contribution in [0.15, 0.2) is 76.2 Å². The maximum absolute atomic E-state index is 14.6. The highest BCUT2D eigenvalue weighted by molar-refractivity contribution is 8.01. The van der Waals surface area contributed by atoms with Crippen LogP contribution in [0.25, 0.3) is 10.9 Å². The lowest BCUT2D eigenvalue weighted by Gasteiger charge is -2.49. The van der Waals surface area contributed by atoms with Crippen molar-refractivity contribution in [2.24, 2.45) is 5.73 Å². The summed E-state index contributed by atoms with van der Waals surface area (Å²) in [5, 5.41) is 47.0. The van der Waals surface area contributed by atoms with Crippen molar-refractivity contribution in [3.05, 3.63) is 103 Å². The van der Waals surface area contributed by atoms with Gasteiger partial charge in [-0.2, -0.15) is 0 Å². The number of pyridine rings is 1. The molecule has 2 aromatic carbocycles. The van der Waals surface area contributed by atoms with E-state index in [4.69, 9.17) is 10.5 Å². The molecular weight excluding hydrogens is 1040 g/mol. The molecular formula is C49H53FN8O14S3. The van der Waals surface area contributed by atoms with Crippen molar-refractivity contribution in [3.63, 3.8) is 0 Å². The summed E-state index contributed by atoms with van der Waals surface area (Å²) in [6, 6.07) is 9.21. The number of esters is 1. The number of ether oxygens (including phenoxy) is 1. The number of carbonyl (C=O) groups excluding carboxylic acids is 5. The van der Waals surface area contributed by atoms with Gasteiger partial charge in [0, 0.05) is 71.7 Å². The fourth-order valence-corrected chi connectivity index (χ4v) is 13.0. The summed E-state index contributed by atoms with van der Waals surface area (Å²) in [5.74, 6) is -5.92. The molecule has 7 heterocycles. The largest absolute Gasteiger partial charge is 0.508 e. The molecule has 1 saturated carbocycles. The van der Waals surface area contributed by atoms with E-state index in [-0.39, 0.29) is 47.4 Å². The number of anilines is 1. The SMILES string of the molecule is CC(=O)OCC1=C(C(=O)O)N2C(=O)[C@@H](NC(=O)Cc3cccs3)[C@H]2SC1.CC1(C)S[C@@H]2[C@H](NC(=O)[C@H](N)c3ccc(O)cc3)C(=O)N2[C@H]1C(=O)O.O=C(O)c1cn(C2CC2)c2cc(N3CCNCC3)c(F)cc2c1=O. The normalized spacial score (nSPS) is 22.7. The first-order valence-electron chi connectivity index (χ1n) is 23.6. The number of amides is 4. The number of β-lactam (4-membered cyclic amide) rings is 2. The molecule has 9 N–H and O–H groups in total. The molecule has 0 unspecified atom stereocenters. The number of piperazine rings is 1. The number of aliphatic carboxylic acids is 2. The van der Waals surface area contributed by atoms with E-state index in [2.05, 4.69) is 16.0 Å². The number of thioether (sulfide) groups is 2. The Bertz CT molecular complexity index is 3050. The number of nitrogens with two attached hydrogens (primary N) is 1. The third-order valence-electron chi connectivity index (χ3n) is 13.2. The second-order valence-electron chi connectivity index (χ2n) is 18.8. The first kappa shape index (κ1) is 54.3. The summed E-state index contributed by atoms with van der Waals surface area (Å²) in [7, 11) is 0. The van der Waals surface area contributed by atoms with Crippen LogP contribution in [0.5, 0.6) is 5.75 Å². The summed E-state index contributed by atoms with van der Waals surface area (Å²) < 4.78 is 20.7. The lowest BCUT2D eigenvalue weighted by Crippen LogP contribution is -2.71. The number of phenols is 1. The van der Waals surface area contributed by atoms with E-state index in [1.54, 1.807) is 19.9 Å². The molecule has 22 nitrogen and oxygen atoms in total. The second kappa shape index (κ2) is 22.1. The molecule has 75 heavy (non-hydrogen) atoms. The summed E-state index contributed by atoms with van der Waals surface area (Å²) in [6.45, 7) is 7.55. The van der Waals surface area contributed by atoms with Crippen molar-refractivity contribution < 1.29 is 67.9 Å². The Morgan fingerprint density at radius 1 is 0.933 bits per heavy atom. The third-order valence-corrected chi connectivity index (χ3v) is 17.0. The number of thiophene rings is 1. The molecule has 10 rings (SSSR count). The van der Waals surface area contributed by atoms with Crippen LogP contribution >= 0.6 is 34.9 Å². The van der Waals surface area contributed by atoms with Crippen molar-refractivity contribution in [2.75, 3.05) is 43.4 Å². The molecule has 4 saturated heterocycles. The summed E-state index contributed by atoms with van der Waals surface area (Å²) in [5.41, 5.74) is 6.77. The van der Waals surface area contributed by atoms with Gasteiger partial charge >= 0.3 is 23.9 Å². The third kappa shape index (κ3) is 11.3. The van der Waals surface area contributed by atoms with Crippen LogP contribution in [-0.4, -0.2) is 154 Å². The van der Waals surface area contributed by atoms with Gasteiger partial charge < -0.3 is 61.2 Å². The number of hydrogen-bond acceptors (Lipinski definition) is 17. The van der Waals surface area contributed by atoms with Crippen molar-refractivity contribution in [1.82, 2.24) is 30.3 Å². The molecule has 398 valence electrons. The number of carboxylic acids is 3. The van der Waals surface area contributed by atoms with Crippen LogP contribution in [-0.2, 0) is 44.7 Å². The van der Waals surface area contributed by atoms with Crippen LogP contribution in [0.1, 0.15) is 66.5 Å².